The summed E-state index contributed by atoms with van der Waals surface area (Å²) in [5.74, 6) is 6.79. The molecule has 0 aliphatic rings. The average molecular weight is 299 g/mol. The third kappa shape index (κ3) is 2.81. The molecule has 0 spiro atoms. The zero-order valence-corrected chi connectivity index (χ0v) is 12.8. The average Bonchev–Trinajstić information content (AvgIpc) is 2.94. The summed E-state index contributed by atoms with van der Waals surface area (Å²) in [7, 11) is 2.03. The Hall–Kier alpha value is -2.18. The molecule has 0 bridgehead atoms. The van der Waals surface area contributed by atoms with Gasteiger partial charge in [0.25, 0.3) is 0 Å². The Balaban J connectivity index is 1.97. The molecule has 108 valence electrons. The van der Waals surface area contributed by atoms with Crippen molar-refractivity contribution in [3.8, 4) is 0 Å². The van der Waals surface area contributed by atoms with Crippen molar-refractivity contribution in [3.63, 3.8) is 0 Å². The van der Waals surface area contributed by atoms with E-state index in [9.17, 15) is 0 Å². The summed E-state index contributed by atoms with van der Waals surface area (Å²) in [6.45, 7) is 2.88. The number of benzene rings is 1. The second-order valence-electron chi connectivity index (χ2n) is 5.00. The lowest BCUT2D eigenvalue weighted by molar-refractivity contribution is 0.899. The van der Waals surface area contributed by atoms with E-state index in [1.165, 1.54) is 11.1 Å². The van der Waals surface area contributed by atoms with Gasteiger partial charge in [-0.2, -0.15) is 4.98 Å². The van der Waals surface area contributed by atoms with Crippen LogP contribution in [0.25, 0.3) is 10.2 Å². The van der Waals surface area contributed by atoms with Gasteiger partial charge in [-0.05, 0) is 23.9 Å². The molecule has 2 heterocycles. The maximum atomic E-state index is 5.46. The first-order chi connectivity index (χ1) is 10.2. The molecule has 0 aliphatic heterocycles. The number of nitrogen functional groups attached to an aromatic ring is 1. The number of hydrogen-bond acceptors (Lipinski definition) is 6. The summed E-state index contributed by atoms with van der Waals surface area (Å²) in [6, 6.07) is 10.5. The highest BCUT2D eigenvalue weighted by Gasteiger charge is 2.12. The Morgan fingerprint density at radius 3 is 2.90 bits per heavy atom. The molecular weight excluding hydrogens is 282 g/mol. The van der Waals surface area contributed by atoms with Gasteiger partial charge in [0.05, 0.1) is 5.39 Å². The molecule has 3 aromatic rings. The van der Waals surface area contributed by atoms with Gasteiger partial charge in [0.2, 0.25) is 5.95 Å². The zero-order valence-electron chi connectivity index (χ0n) is 12.0. The van der Waals surface area contributed by atoms with Crippen LogP contribution < -0.4 is 16.2 Å². The topological polar surface area (TPSA) is 67.1 Å². The van der Waals surface area contributed by atoms with Gasteiger partial charge in [0, 0.05) is 13.6 Å². The fourth-order valence-corrected chi connectivity index (χ4v) is 3.11. The van der Waals surface area contributed by atoms with E-state index in [2.05, 4.69) is 51.5 Å². The fraction of sp³-hybridized carbons (Fsp3) is 0.200. The van der Waals surface area contributed by atoms with Crippen LogP contribution >= 0.6 is 11.3 Å². The van der Waals surface area contributed by atoms with Crippen molar-refractivity contribution in [3.05, 3.63) is 46.8 Å². The smallest absolute Gasteiger partial charge is 0.240 e. The Morgan fingerprint density at radius 2 is 2.14 bits per heavy atom. The molecule has 0 radical (unpaired) electrons. The Bertz CT molecular complexity index is 768. The molecule has 0 unspecified atom stereocenters. The van der Waals surface area contributed by atoms with Gasteiger partial charge in [-0.15, -0.1) is 11.3 Å². The second kappa shape index (κ2) is 5.67. The Kier molecular flexibility index (Phi) is 3.72. The van der Waals surface area contributed by atoms with Crippen molar-refractivity contribution in [2.45, 2.75) is 13.5 Å². The number of nitrogens with two attached hydrogens (primary N) is 1. The number of nitrogens with zero attached hydrogens (tertiary/aromatic N) is 3. The van der Waals surface area contributed by atoms with Crippen LogP contribution in [0, 0.1) is 6.92 Å². The highest BCUT2D eigenvalue weighted by Crippen LogP contribution is 2.29. The lowest BCUT2D eigenvalue weighted by atomic mass is 10.1. The van der Waals surface area contributed by atoms with Crippen molar-refractivity contribution in [2.24, 2.45) is 5.84 Å². The molecule has 0 fully saturated rings. The summed E-state index contributed by atoms with van der Waals surface area (Å²) in [6.07, 6.45) is 0. The van der Waals surface area contributed by atoms with E-state index < -0.39 is 0 Å². The first kappa shape index (κ1) is 13.8. The number of rotatable bonds is 4. The first-order valence-electron chi connectivity index (χ1n) is 6.66. The van der Waals surface area contributed by atoms with E-state index in [0.717, 1.165) is 22.6 Å². The van der Waals surface area contributed by atoms with Crippen LogP contribution in [0.15, 0.2) is 35.7 Å². The number of anilines is 2. The number of thiophene rings is 1. The minimum atomic E-state index is 0.441. The van der Waals surface area contributed by atoms with Gasteiger partial charge in [-0.3, -0.25) is 5.43 Å². The van der Waals surface area contributed by atoms with Crippen LogP contribution in [0.3, 0.4) is 0 Å². The quantitative estimate of drug-likeness (QED) is 0.573. The molecule has 1 aromatic carbocycles. The third-order valence-electron chi connectivity index (χ3n) is 3.30. The zero-order chi connectivity index (χ0) is 14.8. The molecule has 0 atom stereocenters. The van der Waals surface area contributed by atoms with Crippen molar-refractivity contribution >= 4 is 33.3 Å². The normalized spacial score (nSPS) is 10.8. The van der Waals surface area contributed by atoms with Gasteiger partial charge in [0.15, 0.2) is 0 Å². The van der Waals surface area contributed by atoms with Crippen LogP contribution in [0.5, 0.6) is 0 Å². The number of aryl methyl sites for hydroxylation is 1. The first-order valence-corrected chi connectivity index (χ1v) is 7.54. The minimum absolute atomic E-state index is 0.441. The Labute approximate surface area is 127 Å². The van der Waals surface area contributed by atoms with E-state index in [4.69, 9.17) is 5.84 Å². The van der Waals surface area contributed by atoms with Crippen molar-refractivity contribution < 1.29 is 0 Å². The van der Waals surface area contributed by atoms with E-state index in [0.29, 0.717) is 5.95 Å². The summed E-state index contributed by atoms with van der Waals surface area (Å²) in [4.78, 5) is 11.9. The molecule has 3 rings (SSSR count). The van der Waals surface area contributed by atoms with E-state index in [1.54, 1.807) is 11.3 Å². The highest BCUT2D eigenvalue weighted by atomic mass is 32.1. The molecule has 6 heteroatoms. The number of aromatic nitrogens is 2. The Morgan fingerprint density at radius 1 is 1.29 bits per heavy atom. The lowest BCUT2D eigenvalue weighted by Crippen LogP contribution is -2.20. The third-order valence-corrected chi connectivity index (χ3v) is 4.10. The molecular formula is C15H17N5S. The van der Waals surface area contributed by atoms with E-state index in [1.807, 2.05) is 18.5 Å². The van der Waals surface area contributed by atoms with Crippen molar-refractivity contribution in [1.29, 1.82) is 0 Å². The van der Waals surface area contributed by atoms with Gasteiger partial charge in [-0.1, -0.05) is 29.8 Å². The predicted molar refractivity (Wildman–Crippen MR) is 88.5 cm³/mol. The summed E-state index contributed by atoms with van der Waals surface area (Å²) in [5.41, 5.74) is 5.04. The monoisotopic (exact) mass is 299 g/mol. The van der Waals surface area contributed by atoms with Gasteiger partial charge in [0.1, 0.15) is 10.6 Å². The highest BCUT2D eigenvalue weighted by molar-refractivity contribution is 7.16. The van der Waals surface area contributed by atoms with Crippen LogP contribution in [-0.4, -0.2) is 17.0 Å². The van der Waals surface area contributed by atoms with Gasteiger partial charge in [-0.25, -0.2) is 10.8 Å². The molecule has 21 heavy (non-hydrogen) atoms. The largest absolute Gasteiger partial charge is 0.355 e. The van der Waals surface area contributed by atoms with Crippen LogP contribution in [-0.2, 0) is 6.54 Å². The fourth-order valence-electron chi connectivity index (χ4n) is 2.35. The maximum Gasteiger partial charge on any atom is 0.240 e. The molecule has 5 nitrogen and oxygen atoms in total. The molecule has 0 saturated heterocycles. The second-order valence-corrected chi connectivity index (χ2v) is 5.89. The maximum absolute atomic E-state index is 5.46. The van der Waals surface area contributed by atoms with Crippen molar-refractivity contribution in [2.75, 3.05) is 17.4 Å². The summed E-state index contributed by atoms with van der Waals surface area (Å²) < 4.78 is 0. The standard InChI is InChI=1S/C15H17N5S/c1-10-4-3-5-11(8-10)9-20(2)13-12-6-7-21-14(12)18-15(17-13)19-16/h3-8H,9,16H2,1-2H3,(H,17,18,19). The minimum Gasteiger partial charge on any atom is -0.355 e. The van der Waals surface area contributed by atoms with E-state index >= 15 is 0 Å². The predicted octanol–water partition coefficient (Wildman–Crippen LogP) is 2.92. The molecule has 0 amide bonds. The van der Waals surface area contributed by atoms with E-state index in [-0.39, 0.29) is 0 Å². The number of nitrogens with one attached hydrogen (secondary N) is 1. The van der Waals surface area contributed by atoms with Crippen LogP contribution in [0.1, 0.15) is 11.1 Å². The molecule has 2 aromatic heterocycles. The number of hydrogen-bond donors (Lipinski definition) is 2. The SMILES string of the molecule is Cc1cccc(CN(C)c2nc(NN)nc3sccc23)c1. The molecule has 0 saturated carbocycles. The molecule has 3 N–H and O–H groups in total. The summed E-state index contributed by atoms with van der Waals surface area (Å²) in [5, 5.41) is 3.07. The number of fused-ring (bicyclic) bond motifs is 1. The van der Waals surface area contributed by atoms with Gasteiger partial charge >= 0.3 is 0 Å². The number of hydrazine groups is 1. The van der Waals surface area contributed by atoms with Crippen LogP contribution in [0.2, 0.25) is 0 Å². The lowest BCUT2D eigenvalue weighted by Gasteiger charge is -2.20. The van der Waals surface area contributed by atoms with Crippen LogP contribution in [0.4, 0.5) is 11.8 Å². The van der Waals surface area contributed by atoms with Gasteiger partial charge < -0.3 is 4.90 Å². The summed E-state index contributed by atoms with van der Waals surface area (Å²) >= 11 is 1.58. The molecule has 0 aliphatic carbocycles. The van der Waals surface area contributed by atoms with Crippen molar-refractivity contribution in [1.82, 2.24) is 9.97 Å².